The van der Waals surface area contributed by atoms with Crippen LogP contribution in [0.4, 0.5) is 10.1 Å². The third kappa shape index (κ3) is 7.29. The molecule has 0 aliphatic rings. The van der Waals surface area contributed by atoms with Gasteiger partial charge in [-0.15, -0.1) is 0 Å². The van der Waals surface area contributed by atoms with Crippen LogP contribution in [-0.4, -0.2) is 25.5 Å². The maximum absolute atomic E-state index is 13.0. The second-order valence-electron chi connectivity index (χ2n) is 7.65. The van der Waals surface area contributed by atoms with Crippen molar-refractivity contribution >= 4 is 46.2 Å². The maximum atomic E-state index is 13.0. The van der Waals surface area contributed by atoms with E-state index in [2.05, 4.69) is 10.6 Å². The molecule has 0 saturated carbocycles. The van der Waals surface area contributed by atoms with E-state index in [0.29, 0.717) is 26.3 Å². The van der Waals surface area contributed by atoms with Crippen molar-refractivity contribution in [3.8, 4) is 17.6 Å². The molecule has 0 aliphatic carbocycles. The Bertz CT molecular complexity index is 1310. The summed E-state index contributed by atoms with van der Waals surface area (Å²) >= 11 is 2.02. The summed E-state index contributed by atoms with van der Waals surface area (Å²) in [6.45, 7) is 1.54. The monoisotopic (exact) mass is 599 g/mol. The number of nitrogens with one attached hydrogen (secondary N) is 2. The molecule has 0 bridgehead atoms. The zero-order valence-corrected chi connectivity index (χ0v) is 21.7. The lowest BCUT2D eigenvalue weighted by Crippen LogP contribution is -2.27. The normalized spacial score (nSPS) is 11.7. The summed E-state index contributed by atoms with van der Waals surface area (Å²) in [5.74, 6) is -0.663. The van der Waals surface area contributed by atoms with E-state index in [1.165, 1.54) is 37.5 Å². The van der Waals surface area contributed by atoms with Gasteiger partial charge in [-0.05, 0) is 83.1 Å². The summed E-state index contributed by atoms with van der Waals surface area (Å²) in [5, 5.41) is 15.0. The van der Waals surface area contributed by atoms with E-state index >= 15 is 0 Å². The van der Waals surface area contributed by atoms with Gasteiger partial charge in [0.2, 0.25) is 0 Å². The van der Waals surface area contributed by atoms with Gasteiger partial charge in [-0.2, -0.15) is 5.26 Å². The number of nitrogens with zero attached hydrogens (tertiary/aromatic N) is 1. The SMILES string of the molecule is COc1cc(/C=C(/C#N)C(=O)N[C@H](C)c2ccccc2)cc(I)c1OCC(=O)Nc1ccc(F)cc1. The van der Waals surface area contributed by atoms with Crippen molar-refractivity contribution in [1.29, 1.82) is 5.26 Å². The molecule has 9 heteroatoms. The van der Waals surface area contributed by atoms with Crippen molar-refractivity contribution in [3.05, 3.63) is 92.8 Å². The van der Waals surface area contributed by atoms with Crippen molar-refractivity contribution in [3.63, 3.8) is 0 Å². The van der Waals surface area contributed by atoms with Gasteiger partial charge in [-0.25, -0.2) is 4.39 Å². The maximum Gasteiger partial charge on any atom is 0.262 e. The summed E-state index contributed by atoms with van der Waals surface area (Å²) in [6, 6.07) is 19.8. The van der Waals surface area contributed by atoms with Crippen LogP contribution in [0.3, 0.4) is 0 Å². The van der Waals surface area contributed by atoms with Gasteiger partial charge in [0.15, 0.2) is 18.1 Å². The molecule has 0 spiro atoms. The van der Waals surface area contributed by atoms with Crippen molar-refractivity contribution in [2.45, 2.75) is 13.0 Å². The van der Waals surface area contributed by atoms with Crippen molar-refractivity contribution in [2.24, 2.45) is 0 Å². The molecule has 1 atom stereocenters. The topological polar surface area (TPSA) is 100 Å². The molecular formula is C27H23FIN3O4. The Morgan fingerprint density at radius 1 is 1.14 bits per heavy atom. The van der Waals surface area contributed by atoms with Crippen LogP contribution >= 0.6 is 22.6 Å². The van der Waals surface area contributed by atoms with Gasteiger partial charge in [-0.1, -0.05) is 30.3 Å². The number of amides is 2. The van der Waals surface area contributed by atoms with E-state index < -0.39 is 17.6 Å². The number of hydrogen-bond donors (Lipinski definition) is 2. The molecular weight excluding hydrogens is 576 g/mol. The fourth-order valence-electron chi connectivity index (χ4n) is 3.25. The summed E-state index contributed by atoms with van der Waals surface area (Å²) in [7, 11) is 1.45. The van der Waals surface area contributed by atoms with Gasteiger partial charge in [-0.3, -0.25) is 9.59 Å². The van der Waals surface area contributed by atoms with Crippen LogP contribution in [0.1, 0.15) is 24.1 Å². The average molecular weight is 599 g/mol. The van der Waals surface area contributed by atoms with Gasteiger partial charge >= 0.3 is 0 Å². The molecule has 0 fully saturated rings. The number of anilines is 1. The van der Waals surface area contributed by atoms with Gasteiger partial charge in [0.05, 0.1) is 16.7 Å². The summed E-state index contributed by atoms with van der Waals surface area (Å²) < 4.78 is 24.7. The highest BCUT2D eigenvalue weighted by Crippen LogP contribution is 2.34. The number of methoxy groups -OCH3 is 1. The fraction of sp³-hybridized carbons (Fsp3) is 0.148. The summed E-state index contributed by atoms with van der Waals surface area (Å²) in [4.78, 5) is 24.9. The molecule has 0 heterocycles. The molecule has 0 saturated heterocycles. The highest BCUT2D eigenvalue weighted by Gasteiger charge is 2.17. The lowest BCUT2D eigenvalue weighted by Gasteiger charge is -2.15. The first-order valence-electron chi connectivity index (χ1n) is 10.8. The van der Waals surface area contributed by atoms with Crippen LogP contribution in [-0.2, 0) is 9.59 Å². The molecule has 2 N–H and O–H groups in total. The van der Waals surface area contributed by atoms with E-state index in [-0.39, 0.29) is 18.2 Å². The summed E-state index contributed by atoms with van der Waals surface area (Å²) in [5.41, 5.74) is 1.85. The molecule has 0 aromatic heterocycles. The van der Waals surface area contributed by atoms with Crippen molar-refractivity contribution in [2.75, 3.05) is 19.0 Å². The zero-order valence-electron chi connectivity index (χ0n) is 19.5. The van der Waals surface area contributed by atoms with Gasteiger partial charge in [0, 0.05) is 5.69 Å². The van der Waals surface area contributed by atoms with Crippen molar-refractivity contribution < 1.29 is 23.5 Å². The molecule has 184 valence electrons. The number of halogens is 2. The molecule has 0 unspecified atom stereocenters. The average Bonchev–Trinajstić information content (AvgIpc) is 2.88. The molecule has 2 amide bonds. The minimum Gasteiger partial charge on any atom is -0.493 e. The van der Waals surface area contributed by atoms with Crippen LogP contribution in [0.15, 0.2) is 72.3 Å². The highest BCUT2D eigenvalue weighted by molar-refractivity contribution is 14.1. The molecule has 3 rings (SSSR count). The van der Waals surface area contributed by atoms with Crippen LogP contribution in [0, 0.1) is 20.7 Å². The molecule has 0 aliphatic heterocycles. The Morgan fingerprint density at radius 3 is 2.47 bits per heavy atom. The Kier molecular flexibility index (Phi) is 9.41. The largest absolute Gasteiger partial charge is 0.493 e. The van der Waals surface area contributed by atoms with Crippen LogP contribution in [0.5, 0.6) is 11.5 Å². The fourth-order valence-corrected chi connectivity index (χ4v) is 4.03. The lowest BCUT2D eigenvalue weighted by atomic mass is 10.1. The van der Waals surface area contributed by atoms with E-state index in [1.54, 1.807) is 12.1 Å². The number of benzene rings is 3. The van der Waals surface area contributed by atoms with E-state index in [1.807, 2.05) is 65.9 Å². The number of carbonyl (C=O) groups excluding carboxylic acids is 2. The Balaban J connectivity index is 1.71. The predicted molar refractivity (Wildman–Crippen MR) is 143 cm³/mol. The van der Waals surface area contributed by atoms with Crippen molar-refractivity contribution in [1.82, 2.24) is 5.32 Å². The Morgan fingerprint density at radius 2 is 1.83 bits per heavy atom. The molecule has 3 aromatic rings. The molecule has 3 aromatic carbocycles. The van der Waals surface area contributed by atoms with Crippen LogP contribution in [0.25, 0.3) is 6.08 Å². The van der Waals surface area contributed by atoms with Gasteiger partial charge in [0.1, 0.15) is 17.5 Å². The Hall–Kier alpha value is -3.91. The van der Waals surface area contributed by atoms with E-state index in [4.69, 9.17) is 9.47 Å². The number of hydrogen-bond acceptors (Lipinski definition) is 5. The van der Waals surface area contributed by atoms with Gasteiger partial charge < -0.3 is 20.1 Å². The standard InChI is InChI=1S/C27H23FIN3O4/c1-17(19-6-4-3-5-7-19)31-27(34)20(15-30)12-18-13-23(29)26(24(14-18)35-2)36-16-25(33)32-22-10-8-21(28)9-11-22/h3-14,17H,16H2,1-2H3,(H,31,34)(H,32,33)/b20-12-/t17-/m1/s1. The predicted octanol–water partition coefficient (Wildman–Crippen LogP) is 5.24. The van der Waals surface area contributed by atoms with Crippen LogP contribution in [0.2, 0.25) is 0 Å². The first-order chi connectivity index (χ1) is 17.3. The Labute approximate surface area is 222 Å². The molecule has 7 nitrogen and oxygen atoms in total. The highest BCUT2D eigenvalue weighted by atomic mass is 127. The lowest BCUT2D eigenvalue weighted by molar-refractivity contribution is -0.118. The zero-order chi connectivity index (χ0) is 26.1. The van der Waals surface area contributed by atoms with E-state index in [0.717, 1.165) is 5.56 Å². The smallest absolute Gasteiger partial charge is 0.262 e. The third-order valence-corrected chi connectivity index (χ3v) is 5.85. The number of nitriles is 1. The van der Waals surface area contributed by atoms with Gasteiger partial charge in [0.25, 0.3) is 11.8 Å². The van der Waals surface area contributed by atoms with E-state index in [9.17, 15) is 19.2 Å². The number of rotatable bonds is 9. The molecule has 0 radical (unpaired) electrons. The van der Waals surface area contributed by atoms with Crippen LogP contribution < -0.4 is 20.1 Å². The first-order valence-corrected chi connectivity index (χ1v) is 11.9. The minimum atomic E-state index is -0.499. The second-order valence-corrected chi connectivity index (χ2v) is 8.82. The number of ether oxygens (including phenoxy) is 2. The minimum absolute atomic E-state index is 0.0667. The number of carbonyl (C=O) groups is 2. The second kappa shape index (κ2) is 12.7. The first kappa shape index (κ1) is 26.7. The quantitative estimate of drug-likeness (QED) is 0.199. The molecule has 36 heavy (non-hydrogen) atoms. The summed E-state index contributed by atoms with van der Waals surface area (Å²) in [6.07, 6.45) is 1.46. The third-order valence-electron chi connectivity index (χ3n) is 5.05.